The Hall–Kier alpha value is -4.44. The Bertz CT molecular complexity index is 1380. The van der Waals surface area contributed by atoms with Gasteiger partial charge in [0.15, 0.2) is 0 Å². The van der Waals surface area contributed by atoms with Gasteiger partial charge in [-0.1, -0.05) is 42.5 Å². The molecule has 0 saturated carbocycles. The maximum Gasteiger partial charge on any atom is 0.321 e. The summed E-state index contributed by atoms with van der Waals surface area (Å²) in [5, 5.41) is 2.77. The van der Waals surface area contributed by atoms with E-state index in [0.717, 1.165) is 22.6 Å². The molecule has 9 nitrogen and oxygen atoms in total. The number of nitrogens with one attached hydrogen (secondary N) is 1. The highest BCUT2D eigenvalue weighted by Crippen LogP contribution is 2.20. The Morgan fingerprint density at radius 3 is 2.39 bits per heavy atom. The Morgan fingerprint density at radius 2 is 1.71 bits per heavy atom. The second kappa shape index (κ2) is 12.8. The number of benzene rings is 3. The van der Waals surface area contributed by atoms with Crippen LogP contribution in [0.5, 0.6) is 5.75 Å². The lowest BCUT2D eigenvalue weighted by atomic mass is 10.1. The van der Waals surface area contributed by atoms with Gasteiger partial charge in [0.1, 0.15) is 11.6 Å². The molecular formula is C31H33FN4O5. The van der Waals surface area contributed by atoms with E-state index in [4.69, 9.17) is 9.47 Å². The third kappa shape index (κ3) is 7.01. The molecule has 41 heavy (non-hydrogen) atoms. The molecule has 10 heteroatoms. The van der Waals surface area contributed by atoms with Crippen molar-refractivity contribution in [2.45, 2.75) is 25.7 Å². The molecule has 214 valence electrons. The van der Waals surface area contributed by atoms with E-state index in [-0.39, 0.29) is 56.3 Å². The van der Waals surface area contributed by atoms with E-state index in [1.807, 2.05) is 48.5 Å². The lowest BCUT2D eigenvalue weighted by Crippen LogP contribution is -2.40. The van der Waals surface area contributed by atoms with Crippen molar-refractivity contribution < 1.29 is 28.2 Å². The first-order chi connectivity index (χ1) is 19.9. The summed E-state index contributed by atoms with van der Waals surface area (Å²) < 4.78 is 25.6. The van der Waals surface area contributed by atoms with Crippen LogP contribution in [0.15, 0.2) is 72.8 Å². The number of hydrogen-bond acceptors (Lipinski definition) is 5. The number of ether oxygens (including phenoxy) is 2. The number of carbonyl (C=O) groups excluding carboxylic acids is 3. The van der Waals surface area contributed by atoms with E-state index in [0.29, 0.717) is 25.2 Å². The van der Waals surface area contributed by atoms with Gasteiger partial charge in [-0.2, -0.15) is 0 Å². The number of methoxy groups -OCH3 is 1. The summed E-state index contributed by atoms with van der Waals surface area (Å²) in [6, 6.07) is 21.0. The number of halogens is 1. The number of amides is 4. The highest BCUT2D eigenvalue weighted by atomic mass is 19.1. The average Bonchev–Trinajstić information content (AvgIpc) is 3.34. The molecule has 2 aliphatic heterocycles. The number of nitrogens with zero attached hydrogens (tertiary/aromatic N) is 3. The number of anilines is 1. The molecule has 3 aromatic rings. The van der Waals surface area contributed by atoms with Crippen molar-refractivity contribution in [3.63, 3.8) is 0 Å². The minimum Gasteiger partial charge on any atom is -0.497 e. The van der Waals surface area contributed by atoms with Crippen LogP contribution in [0.3, 0.4) is 0 Å². The summed E-state index contributed by atoms with van der Waals surface area (Å²) in [5.41, 5.74) is 2.86. The van der Waals surface area contributed by atoms with Crippen molar-refractivity contribution >= 4 is 23.5 Å². The monoisotopic (exact) mass is 560 g/mol. The van der Waals surface area contributed by atoms with Crippen LogP contribution < -0.4 is 15.0 Å². The summed E-state index contributed by atoms with van der Waals surface area (Å²) in [6.07, 6.45) is -0.419. The molecule has 0 unspecified atom stereocenters. The van der Waals surface area contributed by atoms with Crippen molar-refractivity contribution in [2.24, 2.45) is 0 Å². The summed E-state index contributed by atoms with van der Waals surface area (Å²) in [7, 11) is 1.59. The highest BCUT2D eigenvalue weighted by molar-refractivity contribution is 5.94. The SMILES string of the molecule is COc1ccc(CN2C[C@H](OCc3ccccc3F)CN(C(=O)Cc3ccc(N4CCNC4=O)cc3)CC2=O)cc1. The van der Waals surface area contributed by atoms with Crippen molar-refractivity contribution in [1.82, 2.24) is 15.1 Å². The first-order valence-electron chi connectivity index (χ1n) is 13.6. The number of carbonyl (C=O) groups is 3. The molecule has 0 aromatic heterocycles. The minimum atomic E-state index is -0.515. The third-order valence-corrected chi connectivity index (χ3v) is 7.30. The normalized spacial score (nSPS) is 17.4. The Labute approximate surface area is 238 Å². The number of hydrogen-bond donors (Lipinski definition) is 1. The number of urea groups is 1. The largest absolute Gasteiger partial charge is 0.497 e. The first kappa shape index (κ1) is 28.1. The number of rotatable bonds is 9. The zero-order valence-electron chi connectivity index (χ0n) is 22.9. The topological polar surface area (TPSA) is 91.4 Å². The molecule has 4 amide bonds. The molecule has 2 saturated heterocycles. The van der Waals surface area contributed by atoms with Gasteiger partial charge in [0.05, 0.1) is 32.8 Å². The Kier molecular flexibility index (Phi) is 8.79. The van der Waals surface area contributed by atoms with E-state index in [2.05, 4.69) is 5.32 Å². The van der Waals surface area contributed by atoms with Crippen LogP contribution in [0.1, 0.15) is 16.7 Å². The molecule has 3 aromatic carbocycles. The third-order valence-electron chi connectivity index (χ3n) is 7.30. The molecule has 0 radical (unpaired) electrons. The minimum absolute atomic E-state index is 0.0233. The zero-order chi connectivity index (χ0) is 28.8. The molecule has 1 atom stereocenters. The molecule has 0 bridgehead atoms. The molecule has 2 aliphatic rings. The van der Waals surface area contributed by atoms with E-state index in [1.165, 1.54) is 11.0 Å². The van der Waals surface area contributed by atoms with E-state index < -0.39 is 6.10 Å². The molecule has 0 aliphatic carbocycles. The lowest BCUT2D eigenvalue weighted by Gasteiger charge is -2.25. The summed E-state index contributed by atoms with van der Waals surface area (Å²) in [6.45, 7) is 1.93. The van der Waals surface area contributed by atoms with Gasteiger partial charge in [-0.05, 0) is 41.5 Å². The predicted molar refractivity (Wildman–Crippen MR) is 151 cm³/mol. The fourth-order valence-corrected chi connectivity index (χ4v) is 5.00. The van der Waals surface area contributed by atoms with Crippen LogP contribution in [0.2, 0.25) is 0 Å². The summed E-state index contributed by atoms with van der Waals surface area (Å²) >= 11 is 0. The molecule has 2 fully saturated rings. The van der Waals surface area contributed by atoms with Crippen LogP contribution in [0.25, 0.3) is 0 Å². The van der Waals surface area contributed by atoms with E-state index in [1.54, 1.807) is 35.1 Å². The van der Waals surface area contributed by atoms with Gasteiger partial charge in [0.2, 0.25) is 11.8 Å². The fraction of sp³-hybridized carbons (Fsp3) is 0.323. The van der Waals surface area contributed by atoms with Crippen molar-refractivity contribution in [2.75, 3.05) is 44.7 Å². The van der Waals surface area contributed by atoms with Gasteiger partial charge in [0.25, 0.3) is 0 Å². The van der Waals surface area contributed by atoms with Crippen molar-refractivity contribution in [1.29, 1.82) is 0 Å². The summed E-state index contributed by atoms with van der Waals surface area (Å²) in [5.74, 6) is -0.0528. The second-order valence-corrected chi connectivity index (χ2v) is 10.1. The quantitative estimate of drug-likeness (QED) is 0.434. The van der Waals surface area contributed by atoms with E-state index in [9.17, 15) is 18.8 Å². The van der Waals surface area contributed by atoms with Gasteiger partial charge in [-0.25, -0.2) is 9.18 Å². The van der Waals surface area contributed by atoms with Crippen molar-refractivity contribution in [3.8, 4) is 5.75 Å². The summed E-state index contributed by atoms with van der Waals surface area (Å²) in [4.78, 5) is 43.6. The van der Waals surface area contributed by atoms with Crippen LogP contribution in [0, 0.1) is 5.82 Å². The fourth-order valence-electron chi connectivity index (χ4n) is 5.00. The van der Waals surface area contributed by atoms with Crippen LogP contribution >= 0.6 is 0 Å². The molecule has 2 heterocycles. The van der Waals surface area contributed by atoms with Crippen LogP contribution in [-0.2, 0) is 33.9 Å². The zero-order valence-corrected chi connectivity index (χ0v) is 22.9. The average molecular weight is 561 g/mol. The van der Waals surface area contributed by atoms with E-state index >= 15 is 0 Å². The highest BCUT2D eigenvalue weighted by Gasteiger charge is 2.31. The van der Waals surface area contributed by atoms with Crippen LogP contribution in [-0.4, -0.2) is 73.6 Å². The Morgan fingerprint density at radius 1 is 0.976 bits per heavy atom. The smallest absolute Gasteiger partial charge is 0.321 e. The van der Waals surface area contributed by atoms with Gasteiger partial charge in [0, 0.05) is 44.0 Å². The van der Waals surface area contributed by atoms with Gasteiger partial charge in [-0.15, -0.1) is 0 Å². The lowest BCUT2D eigenvalue weighted by molar-refractivity contribution is -0.138. The molecule has 5 rings (SSSR count). The maximum absolute atomic E-state index is 14.3. The van der Waals surface area contributed by atoms with Gasteiger partial charge in [-0.3, -0.25) is 14.5 Å². The molecular weight excluding hydrogens is 527 g/mol. The van der Waals surface area contributed by atoms with Gasteiger partial charge < -0.3 is 24.6 Å². The maximum atomic E-state index is 14.3. The second-order valence-electron chi connectivity index (χ2n) is 10.1. The predicted octanol–water partition coefficient (Wildman–Crippen LogP) is 3.36. The van der Waals surface area contributed by atoms with Gasteiger partial charge >= 0.3 is 6.03 Å². The van der Waals surface area contributed by atoms with Crippen molar-refractivity contribution in [3.05, 3.63) is 95.3 Å². The first-order valence-corrected chi connectivity index (χ1v) is 13.6. The van der Waals surface area contributed by atoms with Crippen LogP contribution in [0.4, 0.5) is 14.9 Å². The standard InChI is InChI=1S/C31H33FN4O5/c1-40-26-12-8-23(9-13-26)17-34-18-27(41-21-24-4-2-3-5-28(24)32)19-35(20-30(34)38)29(37)16-22-6-10-25(11-7-22)36-15-14-33-31(36)39/h2-13,27H,14-21H2,1H3,(H,33,39)/t27-/m0/s1. The Balaban J connectivity index is 1.29. The molecule has 0 spiro atoms. The molecule has 1 N–H and O–H groups in total.